The maximum atomic E-state index is 14.1. The van der Waals surface area contributed by atoms with Gasteiger partial charge in [-0.3, -0.25) is 0 Å². The molecule has 0 bridgehead atoms. The number of hydrogen-bond donors (Lipinski definition) is 2. The van der Waals surface area contributed by atoms with Crippen LogP contribution in [0.25, 0.3) is 0 Å². The molecule has 1 aromatic heterocycles. The van der Waals surface area contributed by atoms with Gasteiger partial charge in [0.25, 0.3) is 0 Å². The molecule has 0 saturated heterocycles. The van der Waals surface area contributed by atoms with Crippen molar-refractivity contribution in [1.29, 1.82) is 5.26 Å². The lowest BCUT2D eigenvalue weighted by atomic mass is 10.1. The second kappa shape index (κ2) is 5.65. The Morgan fingerprint density at radius 3 is 2.67 bits per heavy atom. The molecule has 1 heterocycles. The number of hydrogen-bond acceptors (Lipinski definition) is 5. The second-order valence-corrected chi connectivity index (χ2v) is 5.59. The highest BCUT2D eigenvalue weighted by Crippen LogP contribution is 2.56. The summed E-state index contributed by atoms with van der Waals surface area (Å²) in [6.07, 6.45) is -4.25. The number of pyridine rings is 1. The Bertz CT molecular complexity index is 869. The van der Waals surface area contributed by atoms with Crippen LogP contribution < -0.4 is 4.74 Å². The predicted molar refractivity (Wildman–Crippen MR) is 76.4 cm³/mol. The smallest absolute Gasteiger partial charge is 0.312 e. The van der Waals surface area contributed by atoms with E-state index in [4.69, 9.17) is 10.00 Å². The van der Waals surface area contributed by atoms with Gasteiger partial charge in [-0.1, -0.05) is 0 Å². The van der Waals surface area contributed by atoms with Crippen molar-refractivity contribution in [2.24, 2.45) is 0 Å². The molecule has 0 aliphatic heterocycles. The fourth-order valence-electron chi connectivity index (χ4n) is 2.45. The fourth-order valence-corrected chi connectivity index (χ4v) is 2.75. The number of ether oxygens (including phenoxy) is 1. The van der Waals surface area contributed by atoms with Gasteiger partial charge in [0.1, 0.15) is 17.7 Å². The molecule has 3 rings (SSSR count). The minimum Gasteiger partial charge on any atom is -0.438 e. The van der Waals surface area contributed by atoms with Crippen LogP contribution in [0, 0.1) is 17.1 Å². The molecule has 1 aromatic carbocycles. The van der Waals surface area contributed by atoms with E-state index < -0.39 is 41.0 Å². The summed E-state index contributed by atoms with van der Waals surface area (Å²) < 4.78 is 60.3. The Hall–Kier alpha value is -2.31. The minimum absolute atomic E-state index is 0.0744. The summed E-state index contributed by atoms with van der Waals surface area (Å²) in [5.74, 6) is -5.64. The lowest BCUT2D eigenvalue weighted by molar-refractivity contribution is -0.143. The molecule has 0 radical (unpaired) electrons. The molecule has 0 fully saturated rings. The summed E-state index contributed by atoms with van der Waals surface area (Å²) >= 11 is 3.91. The van der Waals surface area contributed by atoms with Crippen LogP contribution in [0.2, 0.25) is 0 Å². The van der Waals surface area contributed by atoms with Crippen molar-refractivity contribution in [3.63, 3.8) is 0 Å². The first-order chi connectivity index (χ1) is 11.3. The third-order valence-electron chi connectivity index (χ3n) is 3.54. The van der Waals surface area contributed by atoms with Crippen molar-refractivity contribution >= 4 is 12.6 Å². The van der Waals surface area contributed by atoms with Gasteiger partial charge in [-0.25, -0.2) is 13.8 Å². The maximum absolute atomic E-state index is 14.1. The van der Waals surface area contributed by atoms with Crippen LogP contribution in [0.15, 0.2) is 29.3 Å². The van der Waals surface area contributed by atoms with Gasteiger partial charge >= 0.3 is 5.92 Å². The number of nitrogens with zero attached hydrogens (tertiary/aromatic N) is 2. The zero-order chi connectivity index (χ0) is 17.6. The Morgan fingerprint density at radius 1 is 1.29 bits per heavy atom. The molecule has 0 spiro atoms. The average molecular weight is 356 g/mol. The molecule has 0 saturated carbocycles. The first-order valence-corrected chi connectivity index (χ1v) is 7.00. The third-order valence-corrected chi connectivity index (χ3v) is 3.90. The topological polar surface area (TPSA) is 66.1 Å². The fraction of sp³-hybridized carbons (Fsp3) is 0.200. The Balaban J connectivity index is 2.10. The van der Waals surface area contributed by atoms with Crippen LogP contribution in [-0.4, -0.2) is 16.0 Å². The average Bonchev–Trinajstić information content (AvgIpc) is 2.71. The van der Waals surface area contributed by atoms with E-state index in [0.717, 1.165) is 24.4 Å². The van der Waals surface area contributed by atoms with Crippen molar-refractivity contribution in [2.75, 3.05) is 0 Å². The lowest BCUT2D eigenvalue weighted by Crippen LogP contribution is -2.24. The third kappa shape index (κ3) is 2.48. The molecule has 4 nitrogen and oxygen atoms in total. The summed E-state index contributed by atoms with van der Waals surface area (Å²) in [6, 6.07) is 4.67. The minimum atomic E-state index is -4.07. The highest BCUT2D eigenvalue weighted by Gasteiger charge is 2.58. The molecule has 1 N–H and O–H groups in total. The number of rotatable bonds is 2. The summed E-state index contributed by atoms with van der Waals surface area (Å²) in [4.78, 5) is 3.57. The molecular formula is C15H8F4N2O2S. The number of benzene rings is 1. The van der Waals surface area contributed by atoms with E-state index in [9.17, 15) is 22.7 Å². The number of thiol groups is 1. The van der Waals surface area contributed by atoms with E-state index in [0.29, 0.717) is 0 Å². The molecule has 2 atom stereocenters. The van der Waals surface area contributed by atoms with E-state index in [1.807, 2.05) is 0 Å². The Kier molecular flexibility index (Phi) is 3.89. The molecule has 2 unspecified atom stereocenters. The Morgan fingerprint density at radius 2 is 2.00 bits per heavy atom. The zero-order valence-corrected chi connectivity index (χ0v) is 12.6. The van der Waals surface area contributed by atoms with Gasteiger partial charge in [0, 0.05) is 22.7 Å². The highest BCUT2D eigenvalue weighted by molar-refractivity contribution is 7.80. The van der Waals surface area contributed by atoms with E-state index in [1.54, 1.807) is 6.07 Å². The largest absolute Gasteiger partial charge is 0.438 e. The van der Waals surface area contributed by atoms with Crippen molar-refractivity contribution in [1.82, 2.24) is 4.98 Å². The second-order valence-electron chi connectivity index (χ2n) is 5.11. The summed E-state index contributed by atoms with van der Waals surface area (Å²) in [5, 5.41) is 18.5. The van der Waals surface area contributed by atoms with Crippen LogP contribution in [0.3, 0.4) is 0 Å². The van der Waals surface area contributed by atoms with Crippen molar-refractivity contribution in [2.45, 2.75) is 23.1 Å². The molecule has 124 valence electrons. The van der Waals surface area contributed by atoms with E-state index in [-0.39, 0.29) is 16.2 Å². The summed E-state index contributed by atoms with van der Waals surface area (Å²) in [6.45, 7) is 0. The summed E-state index contributed by atoms with van der Waals surface area (Å²) in [5.41, 5.74) is -1.16. The SMILES string of the molecule is N#Cc1cc(F)cc(Oc2ncc(S)c3c2C(F)C(F)(F)C3O)c1. The number of aromatic nitrogens is 1. The lowest BCUT2D eigenvalue weighted by Gasteiger charge is -2.15. The van der Waals surface area contributed by atoms with Gasteiger partial charge in [0.05, 0.1) is 17.2 Å². The van der Waals surface area contributed by atoms with Gasteiger partial charge in [0.15, 0.2) is 6.17 Å². The monoisotopic (exact) mass is 356 g/mol. The molecule has 1 aliphatic carbocycles. The van der Waals surface area contributed by atoms with Gasteiger partial charge < -0.3 is 9.84 Å². The number of aliphatic hydroxyl groups is 1. The number of halogens is 4. The van der Waals surface area contributed by atoms with Gasteiger partial charge in [-0.05, 0) is 12.1 Å². The molecule has 24 heavy (non-hydrogen) atoms. The molecule has 9 heteroatoms. The van der Waals surface area contributed by atoms with Crippen LogP contribution in [0.1, 0.15) is 29.0 Å². The predicted octanol–water partition coefficient (Wildman–Crippen LogP) is 3.87. The van der Waals surface area contributed by atoms with Gasteiger partial charge in [-0.15, -0.1) is 12.6 Å². The number of nitriles is 1. The first-order valence-electron chi connectivity index (χ1n) is 6.56. The number of alkyl halides is 3. The number of fused-ring (bicyclic) bond motifs is 1. The highest BCUT2D eigenvalue weighted by atomic mass is 32.1. The van der Waals surface area contributed by atoms with E-state index in [1.165, 1.54) is 0 Å². The van der Waals surface area contributed by atoms with E-state index >= 15 is 0 Å². The maximum Gasteiger partial charge on any atom is 0.312 e. The zero-order valence-electron chi connectivity index (χ0n) is 11.7. The first kappa shape index (κ1) is 16.5. The molecule has 1 aliphatic rings. The quantitative estimate of drug-likeness (QED) is 0.633. The number of aliphatic hydroxyl groups excluding tert-OH is 1. The normalized spacial score (nSPS) is 21.2. The Labute approximate surface area is 138 Å². The van der Waals surface area contributed by atoms with Crippen molar-refractivity contribution in [3.8, 4) is 17.7 Å². The van der Waals surface area contributed by atoms with Crippen molar-refractivity contribution < 1.29 is 27.4 Å². The molecule has 2 aromatic rings. The van der Waals surface area contributed by atoms with Crippen LogP contribution in [0.4, 0.5) is 17.6 Å². The van der Waals surface area contributed by atoms with Gasteiger partial charge in [-0.2, -0.15) is 14.0 Å². The molecular weight excluding hydrogens is 348 g/mol. The van der Waals surface area contributed by atoms with Crippen LogP contribution >= 0.6 is 12.6 Å². The molecule has 0 amide bonds. The van der Waals surface area contributed by atoms with Gasteiger partial charge in [0.2, 0.25) is 5.88 Å². The van der Waals surface area contributed by atoms with Crippen molar-refractivity contribution in [3.05, 3.63) is 46.9 Å². The summed E-state index contributed by atoms with van der Waals surface area (Å²) in [7, 11) is 0. The van der Waals surface area contributed by atoms with E-state index in [2.05, 4.69) is 17.6 Å². The van der Waals surface area contributed by atoms with Crippen LogP contribution in [0.5, 0.6) is 11.6 Å². The standard InChI is InChI=1S/C15H8F4N2O2S/c16-7-1-6(4-20)2-8(3-7)23-14-11-10(9(24)5-21-14)13(22)15(18,19)12(11)17/h1-3,5,12-13,22,24H. The van der Waals surface area contributed by atoms with Crippen LogP contribution in [-0.2, 0) is 0 Å².